The van der Waals surface area contributed by atoms with Crippen LogP contribution in [0.25, 0.3) is 0 Å². The fraction of sp³-hybridized carbons (Fsp3) is 0.417. The number of carbonyl (C=O) groups excluding carboxylic acids is 1. The van der Waals surface area contributed by atoms with E-state index in [4.69, 9.17) is 5.11 Å². The van der Waals surface area contributed by atoms with Crippen LogP contribution in [-0.4, -0.2) is 24.5 Å². The van der Waals surface area contributed by atoms with E-state index in [9.17, 15) is 4.79 Å². The normalized spacial score (nSPS) is 9.93. The lowest BCUT2D eigenvalue weighted by Gasteiger charge is -2.05. The van der Waals surface area contributed by atoms with Crippen LogP contribution in [0.4, 0.5) is 5.69 Å². The summed E-state index contributed by atoms with van der Waals surface area (Å²) in [4.78, 5) is 10.4. The van der Waals surface area contributed by atoms with Gasteiger partial charge in [0.15, 0.2) is 0 Å². The molecule has 0 radical (unpaired) electrons. The molecule has 2 N–H and O–H groups in total. The molecule has 3 heteroatoms. The maximum Gasteiger partial charge on any atom is 0.150 e. The number of aldehydes is 1. The van der Waals surface area contributed by atoms with Crippen molar-refractivity contribution < 1.29 is 9.90 Å². The first-order chi connectivity index (χ1) is 7.36. The third-order valence-corrected chi connectivity index (χ3v) is 2.21. The molecule has 0 aliphatic heterocycles. The Balaban J connectivity index is 2.22. The summed E-state index contributed by atoms with van der Waals surface area (Å²) in [6.07, 6.45) is 3.79. The molecule has 0 unspecified atom stereocenters. The molecular weight excluding hydrogens is 190 g/mol. The second-order valence-corrected chi connectivity index (χ2v) is 3.45. The first-order valence-corrected chi connectivity index (χ1v) is 5.27. The number of hydrogen-bond donors (Lipinski definition) is 2. The van der Waals surface area contributed by atoms with Gasteiger partial charge in [-0.3, -0.25) is 4.79 Å². The summed E-state index contributed by atoms with van der Waals surface area (Å²) in [5, 5.41) is 11.8. The van der Waals surface area contributed by atoms with Gasteiger partial charge in [-0.15, -0.1) is 0 Å². The van der Waals surface area contributed by atoms with Gasteiger partial charge >= 0.3 is 0 Å². The maximum absolute atomic E-state index is 10.4. The standard InChI is InChI=1S/C12H17NO2/c14-9-3-1-2-8-13-12-6-4-11(10-15)5-7-12/h4-7,10,13-14H,1-3,8-9H2. The highest BCUT2D eigenvalue weighted by atomic mass is 16.2. The molecule has 0 bridgehead atoms. The van der Waals surface area contributed by atoms with E-state index in [2.05, 4.69) is 5.32 Å². The Hall–Kier alpha value is -1.35. The van der Waals surface area contributed by atoms with Crippen molar-refractivity contribution >= 4 is 12.0 Å². The van der Waals surface area contributed by atoms with E-state index in [0.29, 0.717) is 5.56 Å². The van der Waals surface area contributed by atoms with E-state index in [1.807, 2.05) is 12.1 Å². The third kappa shape index (κ3) is 4.61. The molecule has 15 heavy (non-hydrogen) atoms. The summed E-state index contributed by atoms with van der Waals surface area (Å²) in [6, 6.07) is 7.39. The van der Waals surface area contributed by atoms with Crippen LogP contribution in [0, 0.1) is 0 Å². The molecule has 0 atom stereocenters. The molecule has 82 valence electrons. The topological polar surface area (TPSA) is 49.3 Å². The average molecular weight is 207 g/mol. The number of carbonyl (C=O) groups is 1. The molecule has 0 aliphatic rings. The van der Waals surface area contributed by atoms with Gasteiger partial charge in [0.05, 0.1) is 0 Å². The van der Waals surface area contributed by atoms with Gasteiger partial charge in [0.25, 0.3) is 0 Å². The molecule has 1 aromatic carbocycles. The quantitative estimate of drug-likeness (QED) is 0.531. The molecule has 0 heterocycles. The fourth-order valence-electron chi connectivity index (χ4n) is 1.33. The molecule has 0 amide bonds. The highest BCUT2D eigenvalue weighted by Gasteiger charge is 1.92. The van der Waals surface area contributed by atoms with E-state index < -0.39 is 0 Å². The zero-order valence-electron chi connectivity index (χ0n) is 8.78. The second-order valence-electron chi connectivity index (χ2n) is 3.45. The van der Waals surface area contributed by atoms with Gasteiger partial charge in [0, 0.05) is 24.4 Å². The van der Waals surface area contributed by atoms with E-state index in [1.165, 1.54) is 0 Å². The Morgan fingerprint density at radius 2 is 1.87 bits per heavy atom. The smallest absolute Gasteiger partial charge is 0.150 e. The molecule has 3 nitrogen and oxygen atoms in total. The van der Waals surface area contributed by atoms with Crippen molar-refractivity contribution in [3.63, 3.8) is 0 Å². The van der Waals surface area contributed by atoms with Gasteiger partial charge in [0.1, 0.15) is 6.29 Å². The van der Waals surface area contributed by atoms with Crippen LogP contribution in [0.15, 0.2) is 24.3 Å². The van der Waals surface area contributed by atoms with E-state index in [-0.39, 0.29) is 6.61 Å². The average Bonchev–Trinajstić information content (AvgIpc) is 2.30. The first-order valence-electron chi connectivity index (χ1n) is 5.27. The highest BCUT2D eigenvalue weighted by molar-refractivity contribution is 5.75. The van der Waals surface area contributed by atoms with Crippen molar-refractivity contribution in [2.75, 3.05) is 18.5 Å². The molecule has 1 rings (SSSR count). The molecular formula is C12H17NO2. The Kier molecular flexibility index (Phi) is 5.48. The van der Waals surface area contributed by atoms with Gasteiger partial charge < -0.3 is 10.4 Å². The Labute approximate surface area is 90.1 Å². The number of unbranched alkanes of at least 4 members (excludes halogenated alkanes) is 2. The van der Waals surface area contributed by atoms with Gasteiger partial charge in [-0.1, -0.05) is 0 Å². The molecule has 0 saturated carbocycles. The fourth-order valence-corrected chi connectivity index (χ4v) is 1.33. The molecule has 0 aliphatic carbocycles. The Morgan fingerprint density at radius 3 is 2.47 bits per heavy atom. The summed E-state index contributed by atoms with van der Waals surface area (Å²) in [7, 11) is 0. The summed E-state index contributed by atoms with van der Waals surface area (Å²) < 4.78 is 0. The largest absolute Gasteiger partial charge is 0.396 e. The number of benzene rings is 1. The van der Waals surface area contributed by atoms with Crippen LogP contribution < -0.4 is 5.32 Å². The van der Waals surface area contributed by atoms with Crippen molar-refractivity contribution in [1.82, 2.24) is 0 Å². The molecule has 0 aromatic heterocycles. The van der Waals surface area contributed by atoms with Crippen molar-refractivity contribution in [3.05, 3.63) is 29.8 Å². The molecule has 0 fully saturated rings. The van der Waals surface area contributed by atoms with Crippen LogP contribution in [-0.2, 0) is 0 Å². The molecule has 0 saturated heterocycles. The lowest BCUT2D eigenvalue weighted by molar-refractivity contribution is 0.112. The Morgan fingerprint density at radius 1 is 1.13 bits per heavy atom. The second kappa shape index (κ2) is 7.01. The van der Waals surface area contributed by atoms with E-state index in [1.54, 1.807) is 12.1 Å². The number of hydrogen-bond acceptors (Lipinski definition) is 3. The van der Waals surface area contributed by atoms with Crippen LogP contribution in [0.2, 0.25) is 0 Å². The summed E-state index contributed by atoms with van der Waals surface area (Å²) in [5.74, 6) is 0. The number of anilines is 1. The molecule has 0 spiro atoms. The number of nitrogens with one attached hydrogen (secondary N) is 1. The van der Waals surface area contributed by atoms with Crippen molar-refractivity contribution in [3.8, 4) is 0 Å². The van der Waals surface area contributed by atoms with Crippen molar-refractivity contribution in [2.24, 2.45) is 0 Å². The summed E-state index contributed by atoms with van der Waals surface area (Å²) in [6.45, 7) is 1.18. The minimum atomic E-state index is 0.272. The molecule has 1 aromatic rings. The van der Waals surface area contributed by atoms with E-state index in [0.717, 1.165) is 37.8 Å². The first kappa shape index (κ1) is 11.7. The highest BCUT2D eigenvalue weighted by Crippen LogP contribution is 2.08. The Bertz CT molecular complexity index is 282. The lowest BCUT2D eigenvalue weighted by Crippen LogP contribution is -2.01. The van der Waals surface area contributed by atoms with Crippen LogP contribution >= 0.6 is 0 Å². The zero-order valence-corrected chi connectivity index (χ0v) is 8.78. The van der Waals surface area contributed by atoms with Crippen LogP contribution in [0.3, 0.4) is 0 Å². The van der Waals surface area contributed by atoms with E-state index >= 15 is 0 Å². The summed E-state index contributed by atoms with van der Waals surface area (Å²) in [5.41, 5.74) is 1.73. The minimum absolute atomic E-state index is 0.272. The van der Waals surface area contributed by atoms with Gasteiger partial charge in [0.2, 0.25) is 0 Å². The number of rotatable bonds is 7. The number of aliphatic hydroxyl groups is 1. The van der Waals surface area contributed by atoms with Gasteiger partial charge in [-0.2, -0.15) is 0 Å². The SMILES string of the molecule is O=Cc1ccc(NCCCCCO)cc1. The zero-order chi connectivity index (χ0) is 10.9. The third-order valence-electron chi connectivity index (χ3n) is 2.21. The summed E-state index contributed by atoms with van der Waals surface area (Å²) >= 11 is 0. The van der Waals surface area contributed by atoms with Crippen LogP contribution in [0.5, 0.6) is 0 Å². The monoisotopic (exact) mass is 207 g/mol. The lowest BCUT2D eigenvalue weighted by atomic mass is 10.2. The maximum atomic E-state index is 10.4. The van der Waals surface area contributed by atoms with Gasteiger partial charge in [-0.05, 0) is 43.5 Å². The van der Waals surface area contributed by atoms with Gasteiger partial charge in [-0.25, -0.2) is 0 Å². The minimum Gasteiger partial charge on any atom is -0.396 e. The van der Waals surface area contributed by atoms with Crippen molar-refractivity contribution in [1.29, 1.82) is 0 Å². The van der Waals surface area contributed by atoms with Crippen molar-refractivity contribution in [2.45, 2.75) is 19.3 Å². The predicted molar refractivity (Wildman–Crippen MR) is 61.3 cm³/mol. The van der Waals surface area contributed by atoms with Crippen LogP contribution in [0.1, 0.15) is 29.6 Å². The predicted octanol–water partition coefficient (Wildman–Crippen LogP) is 2.07. The number of aliphatic hydroxyl groups excluding tert-OH is 1.